The molecule has 0 aromatic heterocycles. The fraction of sp³-hybridized carbons (Fsp3) is 0.500. The maximum absolute atomic E-state index is 5.78. The van der Waals surface area contributed by atoms with Crippen molar-refractivity contribution in [3.63, 3.8) is 0 Å². The van der Waals surface area contributed by atoms with E-state index in [9.17, 15) is 0 Å². The molecule has 1 aromatic rings. The van der Waals surface area contributed by atoms with E-state index >= 15 is 0 Å². The third kappa shape index (κ3) is 2.56. The molecule has 0 N–H and O–H groups in total. The van der Waals surface area contributed by atoms with Gasteiger partial charge in [-0.25, -0.2) is 0 Å². The number of epoxide rings is 1. The normalized spacial score (nSPS) is 21.9. The Morgan fingerprint density at radius 1 is 1.43 bits per heavy atom. The van der Waals surface area contributed by atoms with E-state index in [-0.39, 0.29) is 6.10 Å². The van der Waals surface area contributed by atoms with Crippen LogP contribution in [0.3, 0.4) is 0 Å². The summed E-state index contributed by atoms with van der Waals surface area (Å²) in [7, 11) is 0. The standard InChI is InChI=1S/C12H16O2/c1-2-11(12-9-14-12)13-8-10-6-4-3-5-7-10/h3-7,11-12H,2,8-9H2,1H3. The molecule has 14 heavy (non-hydrogen) atoms. The Morgan fingerprint density at radius 3 is 2.71 bits per heavy atom. The highest BCUT2D eigenvalue weighted by molar-refractivity contribution is 5.13. The van der Waals surface area contributed by atoms with Gasteiger partial charge in [0.2, 0.25) is 0 Å². The number of benzene rings is 1. The van der Waals surface area contributed by atoms with Crippen LogP contribution in [-0.2, 0) is 16.1 Å². The average Bonchev–Trinajstić information content (AvgIpc) is 3.05. The van der Waals surface area contributed by atoms with Gasteiger partial charge in [-0.05, 0) is 12.0 Å². The van der Waals surface area contributed by atoms with E-state index < -0.39 is 0 Å². The number of rotatable bonds is 5. The van der Waals surface area contributed by atoms with Crippen molar-refractivity contribution < 1.29 is 9.47 Å². The first-order valence-corrected chi connectivity index (χ1v) is 5.17. The first-order chi connectivity index (χ1) is 6.90. The van der Waals surface area contributed by atoms with Gasteiger partial charge in [0.15, 0.2) is 0 Å². The van der Waals surface area contributed by atoms with Crippen LogP contribution in [-0.4, -0.2) is 18.8 Å². The van der Waals surface area contributed by atoms with Crippen LogP contribution in [0.1, 0.15) is 18.9 Å². The molecule has 1 heterocycles. The number of hydrogen-bond donors (Lipinski definition) is 0. The summed E-state index contributed by atoms with van der Waals surface area (Å²) in [4.78, 5) is 0. The molecule has 76 valence electrons. The minimum absolute atomic E-state index is 0.273. The van der Waals surface area contributed by atoms with E-state index in [2.05, 4.69) is 19.1 Å². The van der Waals surface area contributed by atoms with Crippen molar-refractivity contribution in [1.82, 2.24) is 0 Å². The second-order valence-electron chi connectivity index (χ2n) is 3.62. The van der Waals surface area contributed by atoms with Crippen molar-refractivity contribution in [2.24, 2.45) is 0 Å². The predicted octanol–water partition coefficient (Wildman–Crippen LogP) is 2.38. The van der Waals surface area contributed by atoms with Gasteiger partial charge in [0.1, 0.15) is 6.10 Å². The minimum atomic E-state index is 0.273. The Bertz CT molecular complexity index is 267. The lowest BCUT2D eigenvalue weighted by atomic mass is 10.2. The summed E-state index contributed by atoms with van der Waals surface area (Å²) < 4.78 is 11.0. The summed E-state index contributed by atoms with van der Waals surface area (Å²) in [6.45, 7) is 3.70. The smallest absolute Gasteiger partial charge is 0.107 e. The molecule has 2 nitrogen and oxygen atoms in total. The molecule has 0 aliphatic carbocycles. The third-order valence-corrected chi connectivity index (χ3v) is 2.48. The van der Waals surface area contributed by atoms with Gasteiger partial charge in [-0.2, -0.15) is 0 Å². The number of hydrogen-bond acceptors (Lipinski definition) is 2. The lowest BCUT2D eigenvalue weighted by Gasteiger charge is -2.13. The van der Waals surface area contributed by atoms with E-state index in [1.54, 1.807) is 0 Å². The van der Waals surface area contributed by atoms with Crippen LogP contribution in [0.5, 0.6) is 0 Å². The van der Waals surface area contributed by atoms with Gasteiger partial charge < -0.3 is 9.47 Å². The van der Waals surface area contributed by atoms with Crippen LogP contribution in [0.2, 0.25) is 0 Å². The van der Waals surface area contributed by atoms with Crippen LogP contribution < -0.4 is 0 Å². The summed E-state index contributed by atoms with van der Waals surface area (Å²) in [5, 5.41) is 0. The quantitative estimate of drug-likeness (QED) is 0.668. The molecule has 0 spiro atoms. The molecule has 0 radical (unpaired) electrons. The first-order valence-electron chi connectivity index (χ1n) is 5.17. The fourth-order valence-corrected chi connectivity index (χ4v) is 1.54. The topological polar surface area (TPSA) is 21.8 Å². The van der Waals surface area contributed by atoms with Crippen LogP contribution in [0.25, 0.3) is 0 Å². The van der Waals surface area contributed by atoms with E-state index in [0.29, 0.717) is 12.7 Å². The molecule has 1 fully saturated rings. The zero-order chi connectivity index (χ0) is 9.80. The first kappa shape index (κ1) is 9.69. The van der Waals surface area contributed by atoms with E-state index in [1.165, 1.54) is 5.56 Å². The summed E-state index contributed by atoms with van der Waals surface area (Å²) in [6, 6.07) is 10.3. The SMILES string of the molecule is CCC(OCc1ccccc1)C1CO1. The largest absolute Gasteiger partial charge is 0.371 e. The van der Waals surface area contributed by atoms with E-state index in [4.69, 9.17) is 9.47 Å². The second kappa shape index (κ2) is 4.58. The van der Waals surface area contributed by atoms with Gasteiger partial charge in [-0.3, -0.25) is 0 Å². The predicted molar refractivity (Wildman–Crippen MR) is 55.1 cm³/mol. The van der Waals surface area contributed by atoms with Gasteiger partial charge in [0.25, 0.3) is 0 Å². The Labute approximate surface area is 84.8 Å². The molecule has 2 atom stereocenters. The van der Waals surface area contributed by atoms with Gasteiger partial charge in [0.05, 0.1) is 19.3 Å². The number of ether oxygens (including phenoxy) is 2. The van der Waals surface area contributed by atoms with E-state index in [1.807, 2.05) is 18.2 Å². The van der Waals surface area contributed by atoms with Crippen molar-refractivity contribution in [2.45, 2.75) is 32.2 Å². The Morgan fingerprint density at radius 2 is 2.14 bits per heavy atom. The molecule has 0 bridgehead atoms. The summed E-state index contributed by atoms with van der Waals surface area (Å²) in [5.74, 6) is 0. The van der Waals surface area contributed by atoms with Gasteiger partial charge in [-0.1, -0.05) is 37.3 Å². The van der Waals surface area contributed by atoms with Crippen LogP contribution in [0.4, 0.5) is 0 Å². The van der Waals surface area contributed by atoms with Crippen LogP contribution in [0, 0.1) is 0 Å². The molecular weight excluding hydrogens is 176 g/mol. The minimum Gasteiger partial charge on any atom is -0.371 e. The highest BCUT2D eigenvalue weighted by Gasteiger charge is 2.32. The van der Waals surface area contributed by atoms with Gasteiger partial charge in [-0.15, -0.1) is 0 Å². The molecule has 0 saturated carbocycles. The van der Waals surface area contributed by atoms with Crippen molar-refractivity contribution >= 4 is 0 Å². The van der Waals surface area contributed by atoms with Crippen LogP contribution in [0.15, 0.2) is 30.3 Å². The zero-order valence-corrected chi connectivity index (χ0v) is 8.48. The van der Waals surface area contributed by atoms with Crippen LogP contribution >= 0.6 is 0 Å². The highest BCUT2D eigenvalue weighted by atomic mass is 16.6. The maximum Gasteiger partial charge on any atom is 0.107 e. The summed E-state index contributed by atoms with van der Waals surface area (Å²) in [5.41, 5.74) is 1.23. The lowest BCUT2D eigenvalue weighted by Crippen LogP contribution is -2.18. The molecular formula is C12H16O2. The molecule has 1 saturated heterocycles. The Balaban J connectivity index is 1.81. The Hall–Kier alpha value is -0.860. The molecule has 2 unspecified atom stereocenters. The molecule has 2 heteroatoms. The molecule has 0 amide bonds. The van der Waals surface area contributed by atoms with Gasteiger partial charge >= 0.3 is 0 Å². The molecule has 1 aliphatic rings. The van der Waals surface area contributed by atoms with Crippen molar-refractivity contribution in [2.75, 3.05) is 6.61 Å². The summed E-state index contributed by atoms with van der Waals surface area (Å²) >= 11 is 0. The average molecular weight is 192 g/mol. The molecule has 2 rings (SSSR count). The van der Waals surface area contributed by atoms with Crippen molar-refractivity contribution in [1.29, 1.82) is 0 Å². The zero-order valence-electron chi connectivity index (χ0n) is 8.48. The monoisotopic (exact) mass is 192 g/mol. The highest BCUT2D eigenvalue weighted by Crippen LogP contribution is 2.20. The van der Waals surface area contributed by atoms with E-state index in [0.717, 1.165) is 13.0 Å². The molecule has 1 aliphatic heterocycles. The summed E-state index contributed by atoms with van der Waals surface area (Å²) in [6.07, 6.45) is 1.65. The second-order valence-corrected chi connectivity index (χ2v) is 3.62. The van der Waals surface area contributed by atoms with Gasteiger partial charge in [0, 0.05) is 0 Å². The lowest BCUT2D eigenvalue weighted by molar-refractivity contribution is 0.0194. The van der Waals surface area contributed by atoms with Crippen molar-refractivity contribution in [3.05, 3.63) is 35.9 Å². The Kier molecular flexibility index (Phi) is 3.17. The molecule has 1 aromatic carbocycles. The third-order valence-electron chi connectivity index (χ3n) is 2.48. The fourth-order valence-electron chi connectivity index (χ4n) is 1.54. The maximum atomic E-state index is 5.78. The van der Waals surface area contributed by atoms with Crippen molar-refractivity contribution in [3.8, 4) is 0 Å².